The molecule has 0 bridgehead atoms. The number of fused-ring (bicyclic) bond motifs is 15. The van der Waals surface area contributed by atoms with Crippen molar-refractivity contribution >= 4 is 136 Å². The van der Waals surface area contributed by atoms with Gasteiger partial charge in [-0.05, 0) is 77.2 Å². The van der Waals surface area contributed by atoms with E-state index in [0.717, 1.165) is 78.8 Å². The molecule has 1 atom stereocenters. The number of rotatable bonds is 4. The monoisotopic (exact) mass is 900 g/mol. The topological polar surface area (TPSA) is 47.7 Å². The number of nitrogens with zero attached hydrogens (tertiary/aromatic N) is 4. The Hall–Kier alpha value is -8.58. The highest BCUT2D eigenvalue weighted by Crippen LogP contribution is 2.44. The predicted octanol–water partition coefficient (Wildman–Crippen LogP) is 17.2. The van der Waals surface area contributed by atoms with Gasteiger partial charge in [0.25, 0.3) is 0 Å². The van der Waals surface area contributed by atoms with Crippen LogP contribution in [0, 0.1) is 5.92 Å². The van der Waals surface area contributed by atoms with E-state index in [-0.39, 0.29) is 5.92 Å². The molecule has 0 spiro atoms. The number of allylic oxidation sites excluding steroid dienone is 1. The van der Waals surface area contributed by atoms with Gasteiger partial charge in [-0.15, -0.1) is 11.3 Å². The summed E-state index contributed by atoms with van der Waals surface area (Å²) >= 11 is 1.85. The van der Waals surface area contributed by atoms with Gasteiger partial charge in [0.05, 0.1) is 33.5 Å². The first-order valence-electron chi connectivity index (χ1n) is 23.7. The van der Waals surface area contributed by atoms with Crippen molar-refractivity contribution in [3.05, 3.63) is 217 Å². The third-order valence-corrected chi connectivity index (χ3v) is 15.8. The summed E-state index contributed by atoms with van der Waals surface area (Å²) in [5, 5.41) is 14.1. The highest BCUT2D eigenvalue weighted by molar-refractivity contribution is 7.26. The van der Waals surface area contributed by atoms with Crippen molar-refractivity contribution < 1.29 is 4.42 Å². The maximum atomic E-state index is 7.19. The molecule has 0 N–H and O–H groups in total. The van der Waals surface area contributed by atoms with Crippen LogP contribution in [0.4, 0.5) is 0 Å². The third-order valence-electron chi connectivity index (χ3n) is 14.6. The van der Waals surface area contributed by atoms with E-state index in [1.165, 1.54) is 63.3 Å². The van der Waals surface area contributed by atoms with Gasteiger partial charge in [-0.25, -0.2) is 9.98 Å². The normalized spacial score (nSPS) is 15.6. The number of amidine groups is 1. The summed E-state index contributed by atoms with van der Waals surface area (Å²) < 4.78 is 14.5. The van der Waals surface area contributed by atoms with Crippen LogP contribution < -0.4 is 0 Å². The fourth-order valence-electron chi connectivity index (χ4n) is 11.4. The number of hydrogen-bond acceptors (Lipinski definition) is 4. The predicted molar refractivity (Wildman–Crippen MR) is 293 cm³/mol. The summed E-state index contributed by atoms with van der Waals surface area (Å²) in [5.41, 5.74) is 10.2. The first kappa shape index (κ1) is 38.5. The molecule has 5 heterocycles. The lowest BCUT2D eigenvalue weighted by Crippen LogP contribution is -2.18. The molecule has 1 unspecified atom stereocenters. The van der Waals surface area contributed by atoms with E-state index in [2.05, 4.69) is 222 Å². The van der Waals surface area contributed by atoms with Crippen LogP contribution in [-0.2, 0) is 0 Å². The van der Waals surface area contributed by atoms with Crippen molar-refractivity contribution in [3.63, 3.8) is 0 Å². The molecule has 0 amide bonds. The van der Waals surface area contributed by atoms with Gasteiger partial charge in [-0.3, -0.25) is 4.57 Å². The highest BCUT2D eigenvalue weighted by Gasteiger charge is 2.27. The molecule has 0 saturated carbocycles. The molecule has 14 aromatic rings. The van der Waals surface area contributed by atoms with E-state index in [0.29, 0.717) is 5.84 Å². The van der Waals surface area contributed by atoms with Crippen LogP contribution in [0.15, 0.2) is 221 Å². The number of thiophene rings is 1. The summed E-state index contributed by atoms with van der Waals surface area (Å²) in [5.74, 6) is 1.55. The maximum absolute atomic E-state index is 7.19. The Kier molecular flexibility index (Phi) is 8.21. The van der Waals surface area contributed by atoms with Crippen molar-refractivity contribution in [2.24, 2.45) is 15.9 Å². The summed E-state index contributed by atoms with van der Waals surface area (Å²) in [6.45, 7) is 2.32. The summed E-state index contributed by atoms with van der Waals surface area (Å²) in [6.07, 6.45) is 3.09. The number of aromatic nitrogens is 2. The van der Waals surface area contributed by atoms with Crippen LogP contribution in [0.3, 0.4) is 0 Å². The van der Waals surface area contributed by atoms with Gasteiger partial charge >= 0.3 is 0 Å². The zero-order valence-corrected chi connectivity index (χ0v) is 38.3. The van der Waals surface area contributed by atoms with E-state index in [4.69, 9.17) is 14.4 Å². The molecule has 0 radical (unpaired) electrons. The average Bonchev–Trinajstić information content (AvgIpc) is 4.15. The second-order valence-electron chi connectivity index (χ2n) is 18.5. The molecule has 324 valence electrons. The Bertz CT molecular complexity index is 4560. The maximum Gasteiger partial charge on any atom is 0.162 e. The lowest BCUT2D eigenvalue weighted by Gasteiger charge is -2.20. The van der Waals surface area contributed by atoms with E-state index in [1.807, 2.05) is 11.3 Å². The van der Waals surface area contributed by atoms with Crippen molar-refractivity contribution in [2.75, 3.05) is 0 Å². The van der Waals surface area contributed by atoms with Gasteiger partial charge < -0.3 is 8.98 Å². The standard InChI is InChI=1S/C63H40N4OS/c1-37-29-34-57(66-51-25-10-6-19-42(51)43-20-7-11-26-52(43)66)64-63(65-59(37)49-24-14-23-46-44-21-9-13-28-56(44)69-62(46)49)48-32-33-53(61-58(48)47-22-8-12-27-55(47)68-61)67-54-36-40-17-3-2-16-39(40)35-50(54)45-31-30-38-15-4-5-18-41(38)60(45)67/h2-28,30-37H,29H2,1H3/b57-34-,64-63?,65-59?. The zero-order valence-electron chi connectivity index (χ0n) is 37.5. The largest absolute Gasteiger partial charge is 0.454 e. The molecule has 0 saturated heterocycles. The Morgan fingerprint density at radius 3 is 1.97 bits per heavy atom. The molecule has 69 heavy (non-hydrogen) atoms. The minimum Gasteiger partial charge on any atom is -0.454 e. The Balaban J connectivity index is 1.06. The van der Waals surface area contributed by atoms with E-state index in [1.54, 1.807) is 0 Å². The lowest BCUT2D eigenvalue weighted by atomic mass is 9.93. The third kappa shape index (κ3) is 5.64. The molecule has 1 aliphatic rings. The minimum atomic E-state index is 0.0611. The number of hydrogen-bond donors (Lipinski definition) is 0. The van der Waals surface area contributed by atoms with Crippen molar-refractivity contribution in [1.82, 2.24) is 9.13 Å². The van der Waals surface area contributed by atoms with Crippen LogP contribution >= 0.6 is 11.3 Å². The van der Waals surface area contributed by atoms with E-state index < -0.39 is 0 Å². The van der Waals surface area contributed by atoms with Crippen molar-refractivity contribution in [2.45, 2.75) is 13.3 Å². The van der Waals surface area contributed by atoms with Crippen molar-refractivity contribution in [1.29, 1.82) is 0 Å². The van der Waals surface area contributed by atoms with Gasteiger partial charge in [0, 0.05) is 74.9 Å². The lowest BCUT2D eigenvalue weighted by molar-refractivity contribution is 0.666. The molecular weight excluding hydrogens is 861 g/mol. The summed E-state index contributed by atoms with van der Waals surface area (Å²) in [7, 11) is 0. The minimum absolute atomic E-state index is 0.0611. The van der Waals surface area contributed by atoms with Crippen LogP contribution in [0.5, 0.6) is 0 Å². The smallest absolute Gasteiger partial charge is 0.162 e. The molecule has 1 aliphatic heterocycles. The first-order valence-corrected chi connectivity index (χ1v) is 24.5. The van der Waals surface area contributed by atoms with Gasteiger partial charge in [-0.1, -0.05) is 159 Å². The average molecular weight is 901 g/mol. The fraction of sp³-hybridized carbons (Fsp3) is 0.0476. The molecular formula is C63H40N4OS. The van der Waals surface area contributed by atoms with Gasteiger partial charge in [0.2, 0.25) is 0 Å². The summed E-state index contributed by atoms with van der Waals surface area (Å²) in [6, 6.07) is 72.3. The second kappa shape index (κ2) is 14.7. The molecule has 5 nitrogen and oxygen atoms in total. The van der Waals surface area contributed by atoms with Gasteiger partial charge in [-0.2, -0.15) is 0 Å². The molecule has 15 rings (SSSR count). The highest BCUT2D eigenvalue weighted by atomic mass is 32.1. The Morgan fingerprint density at radius 1 is 0.493 bits per heavy atom. The number of aliphatic imine (C=N–C) groups is 2. The van der Waals surface area contributed by atoms with Crippen LogP contribution in [0.25, 0.3) is 119 Å². The molecule has 6 heteroatoms. The quantitative estimate of drug-likeness (QED) is 0.174. The number of furan rings is 1. The van der Waals surface area contributed by atoms with Crippen LogP contribution in [-0.4, -0.2) is 20.7 Å². The van der Waals surface area contributed by atoms with Crippen LogP contribution in [0.2, 0.25) is 0 Å². The van der Waals surface area contributed by atoms with Crippen LogP contribution in [0.1, 0.15) is 24.5 Å². The molecule has 0 fully saturated rings. The number of benzene rings is 10. The molecule has 10 aromatic carbocycles. The zero-order chi connectivity index (χ0) is 45.3. The Morgan fingerprint density at radius 2 is 1.16 bits per heavy atom. The molecule has 0 aliphatic carbocycles. The number of para-hydroxylation sites is 3. The fourth-order valence-corrected chi connectivity index (χ4v) is 12.6. The second-order valence-corrected chi connectivity index (χ2v) is 19.5. The van der Waals surface area contributed by atoms with Gasteiger partial charge in [0.1, 0.15) is 11.4 Å². The molecule has 4 aromatic heterocycles. The Labute approximate surface area is 399 Å². The van der Waals surface area contributed by atoms with Gasteiger partial charge in [0.15, 0.2) is 11.4 Å². The summed E-state index contributed by atoms with van der Waals surface area (Å²) in [4.78, 5) is 11.7. The first-order chi connectivity index (χ1) is 34.1. The van der Waals surface area contributed by atoms with E-state index >= 15 is 0 Å². The van der Waals surface area contributed by atoms with E-state index in [9.17, 15) is 0 Å². The SMILES string of the molecule is CC1C/C=C(\n2c3ccccc3c3ccccc32)N=C(c2ccc(-n3c4cc5ccccc5cc4c4ccc5ccccc5c43)c3oc4ccccc4c23)N=C1c1cccc2c1sc1ccccc12. The van der Waals surface area contributed by atoms with Crippen molar-refractivity contribution in [3.8, 4) is 5.69 Å².